The maximum Gasteiger partial charge on any atom is 0.115 e. The number of halogens is 2. The summed E-state index contributed by atoms with van der Waals surface area (Å²) in [7, 11) is 0. The van der Waals surface area contributed by atoms with E-state index in [1.807, 2.05) is 30.3 Å². The zero-order valence-corrected chi connectivity index (χ0v) is 14.9. The van der Waals surface area contributed by atoms with Gasteiger partial charge in [0.2, 0.25) is 0 Å². The monoisotopic (exact) mass is 351 g/mol. The molecule has 2 rings (SSSR count). The molecule has 0 bridgehead atoms. The lowest BCUT2D eigenvalue weighted by molar-refractivity contribution is 0.281. The minimum atomic E-state index is 0.326. The van der Waals surface area contributed by atoms with Crippen molar-refractivity contribution in [2.24, 2.45) is 0 Å². The SMILES string of the molecule is CCCN(CCc1cccc(O)c1)CCc1c(Cl)cccc1Cl. The standard InChI is InChI=1S/C19H23Cl2NO/c1-2-11-22(12-9-15-5-3-6-16(23)14-15)13-10-17-18(20)7-4-8-19(17)21/h3-8,14,23H,2,9-13H2,1H3. The van der Waals surface area contributed by atoms with Crippen LogP contribution in [0.25, 0.3) is 0 Å². The third-order valence-electron chi connectivity index (χ3n) is 3.91. The molecule has 0 fully saturated rings. The average Bonchev–Trinajstić information content (AvgIpc) is 2.52. The molecule has 124 valence electrons. The summed E-state index contributed by atoms with van der Waals surface area (Å²) in [6.45, 7) is 5.11. The van der Waals surface area contributed by atoms with Crippen LogP contribution < -0.4 is 0 Å². The Labute approximate surface area is 148 Å². The smallest absolute Gasteiger partial charge is 0.115 e. The third kappa shape index (κ3) is 5.72. The van der Waals surface area contributed by atoms with E-state index in [9.17, 15) is 5.11 Å². The van der Waals surface area contributed by atoms with Crippen LogP contribution >= 0.6 is 23.2 Å². The van der Waals surface area contributed by atoms with Crippen molar-refractivity contribution in [3.8, 4) is 5.75 Å². The van der Waals surface area contributed by atoms with E-state index < -0.39 is 0 Å². The molecule has 0 saturated carbocycles. The van der Waals surface area contributed by atoms with Gasteiger partial charge in [-0.1, -0.05) is 48.3 Å². The molecule has 0 aliphatic heterocycles. The van der Waals surface area contributed by atoms with Gasteiger partial charge in [-0.3, -0.25) is 0 Å². The molecule has 4 heteroatoms. The van der Waals surface area contributed by atoms with Crippen LogP contribution in [-0.2, 0) is 12.8 Å². The van der Waals surface area contributed by atoms with Gasteiger partial charge >= 0.3 is 0 Å². The molecule has 0 radical (unpaired) electrons. The normalized spacial score (nSPS) is 11.1. The Kier molecular flexibility index (Phi) is 7.22. The number of phenolic OH excluding ortho intramolecular Hbond substituents is 1. The first kappa shape index (κ1) is 18.1. The molecule has 1 N–H and O–H groups in total. The minimum Gasteiger partial charge on any atom is -0.508 e. The number of rotatable bonds is 8. The highest BCUT2D eigenvalue weighted by Gasteiger charge is 2.09. The molecule has 2 aromatic rings. The van der Waals surface area contributed by atoms with Gasteiger partial charge in [0.15, 0.2) is 0 Å². The van der Waals surface area contributed by atoms with Gasteiger partial charge in [-0.25, -0.2) is 0 Å². The fraction of sp³-hybridized carbons (Fsp3) is 0.368. The van der Waals surface area contributed by atoms with E-state index in [-0.39, 0.29) is 0 Å². The number of hydrogen-bond donors (Lipinski definition) is 1. The van der Waals surface area contributed by atoms with E-state index in [4.69, 9.17) is 23.2 Å². The Bertz CT molecular complexity index is 610. The first-order valence-corrected chi connectivity index (χ1v) is 8.79. The predicted molar refractivity (Wildman–Crippen MR) is 98.7 cm³/mol. The van der Waals surface area contributed by atoms with Gasteiger partial charge in [0.05, 0.1) is 0 Å². The number of nitrogens with zero attached hydrogens (tertiary/aromatic N) is 1. The van der Waals surface area contributed by atoms with Crippen LogP contribution in [0.4, 0.5) is 0 Å². The molecule has 0 saturated heterocycles. The molecule has 23 heavy (non-hydrogen) atoms. The summed E-state index contributed by atoms with van der Waals surface area (Å²) in [4.78, 5) is 2.42. The molecule has 2 nitrogen and oxygen atoms in total. The lowest BCUT2D eigenvalue weighted by atomic mass is 10.1. The molecular weight excluding hydrogens is 329 g/mol. The lowest BCUT2D eigenvalue weighted by Gasteiger charge is -2.22. The van der Waals surface area contributed by atoms with E-state index in [0.29, 0.717) is 5.75 Å². The van der Waals surface area contributed by atoms with Crippen molar-refractivity contribution in [1.82, 2.24) is 4.90 Å². The molecule has 0 unspecified atom stereocenters. The van der Waals surface area contributed by atoms with Crippen molar-refractivity contribution in [2.75, 3.05) is 19.6 Å². The molecule has 0 spiro atoms. The summed E-state index contributed by atoms with van der Waals surface area (Å²) >= 11 is 12.5. The molecular formula is C19H23Cl2NO. The van der Waals surface area contributed by atoms with E-state index in [2.05, 4.69) is 17.9 Å². The minimum absolute atomic E-state index is 0.326. The molecule has 0 aromatic heterocycles. The maximum absolute atomic E-state index is 9.55. The maximum atomic E-state index is 9.55. The summed E-state index contributed by atoms with van der Waals surface area (Å²) in [5.74, 6) is 0.326. The van der Waals surface area contributed by atoms with Crippen LogP contribution in [0.3, 0.4) is 0 Å². The second kappa shape index (κ2) is 9.17. The first-order chi connectivity index (χ1) is 11.1. The van der Waals surface area contributed by atoms with Crippen molar-refractivity contribution in [3.63, 3.8) is 0 Å². The Morgan fingerprint density at radius 3 is 2.22 bits per heavy atom. The fourth-order valence-corrected chi connectivity index (χ4v) is 3.28. The zero-order valence-electron chi connectivity index (χ0n) is 13.4. The molecule has 2 aromatic carbocycles. The van der Waals surface area contributed by atoms with Gasteiger partial charge < -0.3 is 10.0 Å². The van der Waals surface area contributed by atoms with Gasteiger partial charge in [-0.15, -0.1) is 0 Å². The van der Waals surface area contributed by atoms with Crippen LogP contribution in [0, 0.1) is 0 Å². The molecule has 0 aliphatic carbocycles. The van der Waals surface area contributed by atoms with Gasteiger partial charge in [0.25, 0.3) is 0 Å². The lowest BCUT2D eigenvalue weighted by Crippen LogP contribution is -2.29. The van der Waals surface area contributed by atoms with E-state index >= 15 is 0 Å². The van der Waals surface area contributed by atoms with E-state index in [1.54, 1.807) is 6.07 Å². The van der Waals surface area contributed by atoms with E-state index in [1.165, 1.54) is 0 Å². The first-order valence-electron chi connectivity index (χ1n) is 8.03. The Morgan fingerprint density at radius 2 is 1.57 bits per heavy atom. The van der Waals surface area contributed by atoms with Crippen molar-refractivity contribution in [1.29, 1.82) is 0 Å². The molecule has 0 atom stereocenters. The number of aromatic hydroxyl groups is 1. The van der Waals surface area contributed by atoms with Gasteiger partial charge in [-0.2, -0.15) is 0 Å². The van der Waals surface area contributed by atoms with Crippen LogP contribution in [0.2, 0.25) is 10.0 Å². The van der Waals surface area contributed by atoms with Crippen molar-refractivity contribution >= 4 is 23.2 Å². The molecule has 0 aliphatic rings. The van der Waals surface area contributed by atoms with Gasteiger partial charge in [0.1, 0.15) is 5.75 Å². The summed E-state index contributed by atoms with van der Waals surface area (Å²) in [6.07, 6.45) is 2.87. The zero-order chi connectivity index (χ0) is 16.7. The highest BCUT2D eigenvalue weighted by molar-refractivity contribution is 6.35. The quantitative estimate of drug-likeness (QED) is 0.706. The average molecular weight is 352 g/mol. The van der Waals surface area contributed by atoms with Gasteiger partial charge in [-0.05, 0) is 61.2 Å². The Morgan fingerprint density at radius 1 is 0.913 bits per heavy atom. The fourth-order valence-electron chi connectivity index (χ4n) is 2.69. The predicted octanol–water partition coefficient (Wildman–Crippen LogP) is 5.20. The van der Waals surface area contributed by atoms with Crippen LogP contribution in [0.5, 0.6) is 5.75 Å². The Hall–Kier alpha value is -1.22. The van der Waals surface area contributed by atoms with Crippen molar-refractivity contribution in [2.45, 2.75) is 26.2 Å². The second-order valence-corrected chi connectivity index (χ2v) is 6.53. The number of benzene rings is 2. The highest BCUT2D eigenvalue weighted by atomic mass is 35.5. The summed E-state index contributed by atoms with van der Waals surface area (Å²) in [5, 5.41) is 11.0. The van der Waals surface area contributed by atoms with Crippen molar-refractivity contribution < 1.29 is 5.11 Å². The summed E-state index contributed by atoms with van der Waals surface area (Å²) in [5.41, 5.74) is 2.18. The Balaban J connectivity index is 1.93. The summed E-state index contributed by atoms with van der Waals surface area (Å²) < 4.78 is 0. The van der Waals surface area contributed by atoms with Gasteiger partial charge in [0, 0.05) is 23.1 Å². The summed E-state index contributed by atoms with van der Waals surface area (Å²) in [6, 6.07) is 13.1. The third-order valence-corrected chi connectivity index (χ3v) is 4.62. The second-order valence-electron chi connectivity index (χ2n) is 5.71. The highest BCUT2D eigenvalue weighted by Crippen LogP contribution is 2.25. The van der Waals surface area contributed by atoms with Crippen LogP contribution in [-0.4, -0.2) is 29.6 Å². The topological polar surface area (TPSA) is 23.5 Å². The largest absolute Gasteiger partial charge is 0.508 e. The van der Waals surface area contributed by atoms with Crippen LogP contribution in [0.15, 0.2) is 42.5 Å². The molecule has 0 amide bonds. The van der Waals surface area contributed by atoms with E-state index in [0.717, 1.165) is 60.1 Å². The number of phenols is 1. The number of hydrogen-bond acceptors (Lipinski definition) is 2. The van der Waals surface area contributed by atoms with Crippen LogP contribution in [0.1, 0.15) is 24.5 Å². The van der Waals surface area contributed by atoms with Crippen molar-refractivity contribution in [3.05, 3.63) is 63.6 Å². The molecule has 0 heterocycles.